The number of carbonyl (C=O) groups is 1. The first kappa shape index (κ1) is 14.6. The summed E-state index contributed by atoms with van der Waals surface area (Å²) in [4.78, 5) is 11.0. The molecule has 1 unspecified atom stereocenters. The van der Waals surface area contributed by atoms with Gasteiger partial charge in [-0.2, -0.15) is 13.2 Å². The molecule has 1 aliphatic heterocycles. The first-order valence-corrected chi connectivity index (χ1v) is 7.52. The van der Waals surface area contributed by atoms with Crippen LogP contribution in [0.3, 0.4) is 0 Å². The summed E-state index contributed by atoms with van der Waals surface area (Å²) in [5, 5.41) is 8.97. The van der Waals surface area contributed by atoms with Crippen molar-refractivity contribution in [3.63, 3.8) is 0 Å². The van der Waals surface area contributed by atoms with E-state index in [2.05, 4.69) is 0 Å². The minimum absolute atomic E-state index is 0.108. The van der Waals surface area contributed by atoms with Gasteiger partial charge >= 0.3 is 11.5 Å². The van der Waals surface area contributed by atoms with Crippen molar-refractivity contribution in [3.05, 3.63) is 0 Å². The Morgan fingerprint density at radius 3 is 2.35 bits per heavy atom. The first-order chi connectivity index (χ1) is 7.56. The fraction of sp³-hybridized carbons (Fsp3) is 0.875. The van der Waals surface area contributed by atoms with Crippen molar-refractivity contribution < 1.29 is 31.5 Å². The van der Waals surface area contributed by atoms with E-state index in [4.69, 9.17) is 5.11 Å². The highest BCUT2D eigenvalue weighted by Gasteiger charge is 2.48. The van der Waals surface area contributed by atoms with Crippen LogP contribution in [-0.4, -0.2) is 42.3 Å². The van der Waals surface area contributed by atoms with E-state index in [0.29, 0.717) is 0 Å². The van der Waals surface area contributed by atoms with E-state index in [0.717, 1.165) is 0 Å². The average molecular weight is 292 g/mol. The molecule has 9 heteroatoms. The molecule has 0 aromatic rings. The Bertz CT molecular complexity index is 403. The quantitative estimate of drug-likeness (QED) is 0.850. The average Bonchev–Trinajstić information content (AvgIpc) is 2.41. The third-order valence-corrected chi connectivity index (χ3v) is 5.24. The fourth-order valence-electron chi connectivity index (χ4n) is 1.75. The Balaban J connectivity index is 2.66. The normalized spacial score (nSPS) is 28.2. The Morgan fingerprint density at radius 2 is 2.00 bits per heavy atom. The van der Waals surface area contributed by atoms with Gasteiger partial charge in [0.2, 0.25) is 0 Å². The smallest absolute Gasteiger partial charge is 0.441 e. The van der Waals surface area contributed by atoms with Crippen LogP contribution in [-0.2, 0) is 14.6 Å². The van der Waals surface area contributed by atoms with Crippen molar-refractivity contribution in [2.45, 2.75) is 18.3 Å². The van der Waals surface area contributed by atoms with Crippen molar-refractivity contribution in [1.29, 1.82) is 0 Å². The molecule has 0 spiro atoms. The molecule has 0 amide bonds. The minimum atomic E-state index is -4.42. The molecule has 0 aliphatic carbocycles. The van der Waals surface area contributed by atoms with Crippen LogP contribution in [0, 0.1) is 5.41 Å². The molecule has 1 aliphatic rings. The van der Waals surface area contributed by atoms with Gasteiger partial charge < -0.3 is 5.11 Å². The second kappa shape index (κ2) is 4.68. The maximum Gasteiger partial charge on any atom is 0.441 e. The monoisotopic (exact) mass is 292 g/mol. The van der Waals surface area contributed by atoms with Crippen molar-refractivity contribution in [1.82, 2.24) is 0 Å². The number of sulfone groups is 1. The number of halogens is 3. The molecule has 0 aromatic carbocycles. The summed E-state index contributed by atoms with van der Waals surface area (Å²) in [6, 6.07) is 0. The summed E-state index contributed by atoms with van der Waals surface area (Å²) in [5.74, 6) is -2.60. The maximum absolute atomic E-state index is 11.9. The van der Waals surface area contributed by atoms with E-state index in [1.54, 1.807) is 0 Å². The van der Waals surface area contributed by atoms with Gasteiger partial charge in [0.05, 0.1) is 16.9 Å². The summed E-state index contributed by atoms with van der Waals surface area (Å²) < 4.78 is 58.2. The first-order valence-electron chi connectivity index (χ1n) is 4.71. The summed E-state index contributed by atoms with van der Waals surface area (Å²) in [6.45, 7) is 0. The molecule has 4 nitrogen and oxygen atoms in total. The number of carboxylic acids is 1. The molecule has 1 N–H and O–H groups in total. The van der Waals surface area contributed by atoms with Gasteiger partial charge in [0.25, 0.3) is 0 Å². The second-order valence-corrected chi connectivity index (χ2v) is 7.32. The Hall–Kier alpha value is -0.440. The molecule has 1 heterocycles. The molecule has 100 valence electrons. The van der Waals surface area contributed by atoms with Crippen LogP contribution in [0.15, 0.2) is 0 Å². The maximum atomic E-state index is 11.9. The SMILES string of the molecule is O=C(O)C1(CCSC(F)(F)F)CCS(=O)(=O)C1. The fourth-order valence-corrected chi connectivity index (χ4v) is 4.58. The van der Waals surface area contributed by atoms with Gasteiger partial charge in [-0.1, -0.05) is 11.8 Å². The molecule has 1 fully saturated rings. The molecule has 0 aromatic heterocycles. The highest BCUT2D eigenvalue weighted by molar-refractivity contribution is 8.00. The number of alkyl halides is 3. The summed E-state index contributed by atoms with van der Waals surface area (Å²) >= 11 is -0.322. The second-order valence-electron chi connectivity index (χ2n) is 3.97. The molecule has 1 rings (SSSR count). The van der Waals surface area contributed by atoms with E-state index in [9.17, 15) is 26.4 Å². The topological polar surface area (TPSA) is 71.4 Å². The predicted octanol–water partition coefficient (Wildman–Crippen LogP) is 1.52. The molecule has 0 bridgehead atoms. The summed E-state index contributed by atoms with van der Waals surface area (Å²) in [6.07, 6.45) is -0.394. The molecule has 1 saturated heterocycles. The molecular weight excluding hydrogens is 281 g/mol. The van der Waals surface area contributed by atoms with E-state index in [-0.39, 0.29) is 30.4 Å². The Labute approximate surface area is 100 Å². The Morgan fingerprint density at radius 1 is 1.41 bits per heavy atom. The highest BCUT2D eigenvalue weighted by Crippen LogP contribution is 2.39. The Kier molecular flexibility index (Phi) is 4.02. The lowest BCUT2D eigenvalue weighted by Crippen LogP contribution is -2.33. The lowest BCUT2D eigenvalue weighted by atomic mass is 9.85. The van der Waals surface area contributed by atoms with Gasteiger partial charge in [0.15, 0.2) is 9.84 Å². The predicted molar refractivity (Wildman–Crippen MR) is 56.5 cm³/mol. The summed E-state index contributed by atoms with van der Waals surface area (Å²) in [7, 11) is -3.44. The van der Waals surface area contributed by atoms with Crippen LogP contribution in [0.4, 0.5) is 13.2 Å². The van der Waals surface area contributed by atoms with Crippen LogP contribution in [0.25, 0.3) is 0 Å². The van der Waals surface area contributed by atoms with E-state index in [1.807, 2.05) is 0 Å². The number of thioether (sulfide) groups is 1. The number of rotatable bonds is 4. The van der Waals surface area contributed by atoms with Crippen LogP contribution in [0.2, 0.25) is 0 Å². The van der Waals surface area contributed by atoms with Crippen molar-refractivity contribution in [3.8, 4) is 0 Å². The largest absolute Gasteiger partial charge is 0.481 e. The standard InChI is InChI=1S/C8H11F3O4S2/c9-8(10,11)16-3-1-7(6(12)13)2-4-17(14,15)5-7/h1-5H2,(H,12,13). The molecule has 0 radical (unpaired) electrons. The third kappa shape index (κ3) is 4.06. The van der Waals surface area contributed by atoms with Gasteiger partial charge in [-0.3, -0.25) is 4.79 Å². The van der Waals surface area contributed by atoms with Crippen LogP contribution in [0.5, 0.6) is 0 Å². The van der Waals surface area contributed by atoms with Gasteiger partial charge in [0, 0.05) is 5.75 Å². The third-order valence-electron chi connectivity index (χ3n) is 2.69. The number of hydrogen-bond acceptors (Lipinski definition) is 4. The zero-order valence-corrected chi connectivity index (χ0v) is 10.3. The zero-order valence-electron chi connectivity index (χ0n) is 8.66. The molecule has 17 heavy (non-hydrogen) atoms. The summed E-state index contributed by atoms with van der Waals surface area (Å²) in [5.41, 5.74) is -5.96. The van der Waals surface area contributed by atoms with E-state index >= 15 is 0 Å². The van der Waals surface area contributed by atoms with Gasteiger partial charge in [-0.25, -0.2) is 8.42 Å². The lowest BCUT2D eigenvalue weighted by molar-refractivity contribution is -0.147. The number of aliphatic carboxylic acids is 1. The molecule has 1 atom stereocenters. The molecule has 0 saturated carbocycles. The van der Waals surface area contributed by atoms with E-state index in [1.165, 1.54) is 0 Å². The molecular formula is C8H11F3O4S2. The highest BCUT2D eigenvalue weighted by atomic mass is 32.2. The zero-order chi connectivity index (χ0) is 13.3. The van der Waals surface area contributed by atoms with Gasteiger partial charge in [0.1, 0.15) is 0 Å². The van der Waals surface area contributed by atoms with Crippen molar-refractivity contribution >= 4 is 27.6 Å². The van der Waals surface area contributed by atoms with E-state index < -0.39 is 38.2 Å². The van der Waals surface area contributed by atoms with Crippen molar-refractivity contribution in [2.75, 3.05) is 17.3 Å². The van der Waals surface area contributed by atoms with Crippen LogP contribution in [0.1, 0.15) is 12.8 Å². The number of hydrogen-bond donors (Lipinski definition) is 1. The van der Waals surface area contributed by atoms with Crippen LogP contribution >= 0.6 is 11.8 Å². The van der Waals surface area contributed by atoms with Crippen molar-refractivity contribution in [2.24, 2.45) is 5.41 Å². The van der Waals surface area contributed by atoms with Crippen LogP contribution < -0.4 is 0 Å². The number of carboxylic acid groups (broad SMARTS) is 1. The van der Waals surface area contributed by atoms with Gasteiger partial charge in [-0.05, 0) is 12.8 Å². The lowest BCUT2D eigenvalue weighted by Gasteiger charge is -2.22. The minimum Gasteiger partial charge on any atom is -0.481 e. The van der Waals surface area contributed by atoms with Gasteiger partial charge in [-0.15, -0.1) is 0 Å².